The summed E-state index contributed by atoms with van der Waals surface area (Å²) in [5.41, 5.74) is 0. The number of ether oxygens (including phenoxy) is 1. The molecule has 0 aromatic rings. The van der Waals surface area contributed by atoms with Crippen molar-refractivity contribution < 1.29 is 4.74 Å². The zero-order valence-corrected chi connectivity index (χ0v) is 8.96. The lowest BCUT2D eigenvalue weighted by Crippen LogP contribution is -2.32. The molecule has 1 heterocycles. The molecule has 78 valence electrons. The summed E-state index contributed by atoms with van der Waals surface area (Å²) in [6.07, 6.45) is 2.47. The second kappa shape index (κ2) is 6.35. The molecule has 0 N–H and O–H groups in total. The van der Waals surface area contributed by atoms with E-state index < -0.39 is 0 Å². The number of rotatable bonds is 0. The van der Waals surface area contributed by atoms with Gasteiger partial charge in [0.25, 0.3) is 0 Å². The molecule has 3 heteroatoms. The summed E-state index contributed by atoms with van der Waals surface area (Å²) in [7, 11) is 4.36. The highest BCUT2D eigenvalue weighted by atomic mass is 16.5. The molecule has 0 saturated carbocycles. The van der Waals surface area contributed by atoms with Crippen LogP contribution >= 0.6 is 0 Å². The van der Waals surface area contributed by atoms with Crippen molar-refractivity contribution in [3.8, 4) is 0 Å². The lowest BCUT2D eigenvalue weighted by molar-refractivity contribution is 0.111. The third kappa shape index (κ3) is 5.24. The zero-order chi connectivity index (χ0) is 9.52. The molecule has 0 spiro atoms. The van der Waals surface area contributed by atoms with E-state index in [2.05, 4.69) is 23.9 Å². The van der Waals surface area contributed by atoms with Gasteiger partial charge in [-0.15, -0.1) is 0 Å². The molecule has 1 aliphatic heterocycles. The van der Waals surface area contributed by atoms with E-state index in [1.165, 1.54) is 25.9 Å². The normalized spacial score (nSPS) is 25.4. The lowest BCUT2D eigenvalue weighted by atomic mass is 10.3. The van der Waals surface area contributed by atoms with Crippen LogP contribution in [-0.4, -0.2) is 63.3 Å². The van der Waals surface area contributed by atoms with Crippen molar-refractivity contribution >= 4 is 0 Å². The molecular weight excluding hydrogens is 164 g/mol. The smallest absolute Gasteiger partial charge is 0.0593 e. The quantitative estimate of drug-likeness (QED) is 0.553. The molecule has 1 fully saturated rings. The molecular formula is C10H22N2O. The van der Waals surface area contributed by atoms with Gasteiger partial charge in [-0.05, 0) is 33.5 Å². The molecule has 0 unspecified atom stereocenters. The van der Waals surface area contributed by atoms with E-state index in [-0.39, 0.29) is 0 Å². The van der Waals surface area contributed by atoms with Crippen LogP contribution in [0.1, 0.15) is 12.8 Å². The van der Waals surface area contributed by atoms with Crippen LogP contribution in [0, 0.1) is 0 Å². The second-order valence-electron chi connectivity index (χ2n) is 3.93. The summed E-state index contributed by atoms with van der Waals surface area (Å²) >= 11 is 0. The Labute approximate surface area is 81.7 Å². The Morgan fingerprint density at radius 1 is 0.769 bits per heavy atom. The van der Waals surface area contributed by atoms with Crippen LogP contribution in [-0.2, 0) is 4.74 Å². The zero-order valence-electron chi connectivity index (χ0n) is 8.96. The fourth-order valence-corrected chi connectivity index (χ4v) is 1.47. The maximum atomic E-state index is 5.51. The molecule has 0 amide bonds. The van der Waals surface area contributed by atoms with Crippen LogP contribution in [0.15, 0.2) is 0 Å². The Hall–Kier alpha value is -0.120. The molecule has 0 radical (unpaired) electrons. The van der Waals surface area contributed by atoms with Crippen molar-refractivity contribution in [3.63, 3.8) is 0 Å². The van der Waals surface area contributed by atoms with Crippen LogP contribution in [0.3, 0.4) is 0 Å². The van der Waals surface area contributed by atoms with Crippen LogP contribution in [0.4, 0.5) is 0 Å². The topological polar surface area (TPSA) is 15.7 Å². The van der Waals surface area contributed by atoms with Gasteiger partial charge in [0.05, 0.1) is 6.61 Å². The summed E-state index contributed by atoms with van der Waals surface area (Å²) in [5.74, 6) is 0. The lowest BCUT2D eigenvalue weighted by Gasteiger charge is -2.20. The van der Waals surface area contributed by atoms with E-state index in [1.807, 2.05) is 0 Å². The fraction of sp³-hybridized carbons (Fsp3) is 1.00. The van der Waals surface area contributed by atoms with Gasteiger partial charge >= 0.3 is 0 Å². The van der Waals surface area contributed by atoms with Crippen molar-refractivity contribution in [2.24, 2.45) is 0 Å². The highest BCUT2D eigenvalue weighted by Crippen LogP contribution is 1.96. The average molecular weight is 186 g/mol. The summed E-state index contributed by atoms with van der Waals surface area (Å²) in [4.78, 5) is 4.74. The summed E-state index contributed by atoms with van der Waals surface area (Å²) < 4.78 is 5.51. The number of likely N-dealkylation sites (N-methyl/N-ethyl adjacent to an activating group) is 2. The summed E-state index contributed by atoms with van der Waals surface area (Å²) in [5, 5.41) is 0. The minimum Gasteiger partial charge on any atom is -0.380 e. The fourth-order valence-electron chi connectivity index (χ4n) is 1.47. The first-order valence-corrected chi connectivity index (χ1v) is 5.24. The largest absolute Gasteiger partial charge is 0.380 e. The Kier molecular flexibility index (Phi) is 5.35. The van der Waals surface area contributed by atoms with Crippen LogP contribution < -0.4 is 0 Å². The van der Waals surface area contributed by atoms with Gasteiger partial charge in [0.1, 0.15) is 0 Å². The Bertz CT molecular complexity index is 116. The van der Waals surface area contributed by atoms with Gasteiger partial charge < -0.3 is 14.5 Å². The minimum atomic E-state index is 0.889. The number of hydrogen-bond acceptors (Lipinski definition) is 3. The second-order valence-corrected chi connectivity index (χ2v) is 3.93. The van der Waals surface area contributed by atoms with Crippen LogP contribution in [0.5, 0.6) is 0 Å². The first-order chi connectivity index (χ1) is 6.29. The van der Waals surface area contributed by atoms with Gasteiger partial charge in [0.2, 0.25) is 0 Å². The molecule has 0 aromatic carbocycles. The third-order valence-corrected chi connectivity index (χ3v) is 2.56. The van der Waals surface area contributed by atoms with Crippen molar-refractivity contribution in [1.82, 2.24) is 9.80 Å². The van der Waals surface area contributed by atoms with E-state index in [0.29, 0.717) is 0 Å². The van der Waals surface area contributed by atoms with E-state index in [0.717, 1.165) is 26.3 Å². The van der Waals surface area contributed by atoms with E-state index in [1.54, 1.807) is 0 Å². The average Bonchev–Trinajstić information content (AvgIpc) is 2.15. The number of nitrogens with zero attached hydrogens (tertiary/aromatic N) is 2. The van der Waals surface area contributed by atoms with Crippen molar-refractivity contribution in [2.75, 3.05) is 53.5 Å². The standard InChI is InChI=1S/C10H22N2O/c1-11-5-3-4-9-13-10-8-12(2)7-6-11/h3-10H2,1-2H3. The van der Waals surface area contributed by atoms with Gasteiger partial charge in [-0.25, -0.2) is 0 Å². The van der Waals surface area contributed by atoms with E-state index in [9.17, 15) is 0 Å². The van der Waals surface area contributed by atoms with Gasteiger partial charge in [0.15, 0.2) is 0 Å². The number of hydrogen-bond donors (Lipinski definition) is 0. The Morgan fingerprint density at radius 3 is 2.23 bits per heavy atom. The first kappa shape index (κ1) is 11.0. The molecule has 0 aromatic heterocycles. The van der Waals surface area contributed by atoms with E-state index >= 15 is 0 Å². The van der Waals surface area contributed by atoms with Crippen molar-refractivity contribution in [3.05, 3.63) is 0 Å². The predicted octanol–water partition coefficient (Wildman–Crippen LogP) is 0.660. The highest BCUT2D eigenvalue weighted by molar-refractivity contribution is 4.58. The van der Waals surface area contributed by atoms with Crippen molar-refractivity contribution in [1.29, 1.82) is 0 Å². The van der Waals surface area contributed by atoms with E-state index in [4.69, 9.17) is 4.74 Å². The molecule has 0 aliphatic carbocycles. The van der Waals surface area contributed by atoms with Crippen molar-refractivity contribution in [2.45, 2.75) is 12.8 Å². The molecule has 0 atom stereocenters. The van der Waals surface area contributed by atoms with Gasteiger partial charge in [-0.2, -0.15) is 0 Å². The maximum absolute atomic E-state index is 5.51. The predicted molar refractivity (Wildman–Crippen MR) is 55.0 cm³/mol. The van der Waals surface area contributed by atoms with Gasteiger partial charge in [0, 0.05) is 26.2 Å². The first-order valence-electron chi connectivity index (χ1n) is 5.24. The molecule has 1 aliphatic rings. The Balaban J connectivity index is 2.24. The molecule has 1 saturated heterocycles. The van der Waals surface area contributed by atoms with Crippen LogP contribution in [0.2, 0.25) is 0 Å². The van der Waals surface area contributed by atoms with Gasteiger partial charge in [-0.3, -0.25) is 0 Å². The summed E-state index contributed by atoms with van der Waals surface area (Å²) in [6.45, 7) is 6.42. The molecule has 1 rings (SSSR count). The Morgan fingerprint density at radius 2 is 1.46 bits per heavy atom. The SMILES string of the molecule is CN1CCCCOCCN(C)CC1. The monoisotopic (exact) mass is 186 g/mol. The molecule has 0 bridgehead atoms. The minimum absolute atomic E-state index is 0.889. The molecule has 13 heavy (non-hydrogen) atoms. The molecule has 3 nitrogen and oxygen atoms in total. The third-order valence-electron chi connectivity index (χ3n) is 2.56. The summed E-state index contributed by atoms with van der Waals surface area (Å²) in [6, 6.07) is 0. The maximum Gasteiger partial charge on any atom is 0.0593 e. The highest BCUT2D eigenvalue weighted by Gasteiger charge is 2.03. The van der Waals surface area contributed by atoms with Crippen LogP contribution in [0.25, 0.3) is 0 Å². The van der Waals surface area contributed by atoms with Gasteiger partial charge in [-0.1, -0.05) is 0 Å².